The van der Waals surface area contributed by atoms with Crippen molar-refractivity contribution in [1.29, 1.82) is 0 Å². The van der Waals surface area contributed by atoms with E-state index in [1.807, 2.05) is 49.4 Å². The highest BCUT2D eigenvalue weighted by Crippen LogP contribution is 2.29. The zero-order valence-electron chi connectivity index (χ0n) is 13.2. The van der Waals surface area contributed by atoms with Gasteiger partial charge in [-0.1, -0.05) is 30.3 Å². The zero-order chi connectivity index (χ0) is 16.9. The quantitative estimate of drug-likeness (QED) is 0.630. The number of aliphatic hydroxyl groups excluding tert-OH is 1. The average molecular weight is 408 g/mol. The Morgan fingerprint density at radius 3 is 2.71 bits per heavy atom. The van der Waals surface area contributed by atoms with Crippen molar-refractivity contribution in [3.05, 3.63) is 52.1 Å². The summed E-state index contributed by atoms with van der Waals surface area (Å²) in [7, 11) is 0. The molecule has 2 heterocycles. The Morgan fingerprint density at radius 2 is 2.04 bits per heavy atom. The first kappa shape index (κ1) is 17.1. The van der Waals surface area contributed by atoms with Gasteiger partial charge in [-0.25, -0.2) is 0 Å². The molecule has 126 valence electrons. The summed E-state index contributed by atoms with van der Waals surface area (Å²) in [6.07, 6.45) is 0.294. The van der Waals surface area contributed by atoms with E-state index >= 15 is 0 Å². The van der Waals surface area contributed by atoms with E-state index in [1.54, 1.807) is 11.3 Å². The summed E-state index contributed by atoms with van der Waals surface area (Å²) in [5.41, 5.74) is 1.02. The molecule has 3 rings (SSSR count). The second-order valence-electron chi connectivity index (χ2n) is 5.39. The molecule has 0 fully saturated rings. The molecule has 1 unspecified atom stereocenters. The van der Waals surface area contributed by atoms with Crippen molar-refractivity contribution < 1.29 is 9.63 Å². The van der Waals surface area contributed by atoms with E-state index in [1.165, 1.54) is 0 Å². The Labute approximate surface area is 153 Å². The van der Waals surface area contributed by atoms with Crippen molar-refractivity contribution in [2.24, 2.45) is 0 Å². The Bertz CT molecular complexity index is 775. The summed E-state index contributed by atoms with van der Waals surface area (Å²) in [6.45, 7) is 2.94. The van der Waals surface area contributed by atoms with Crippen molar-refractivity contribution in [3.63, 3.8) is 0 Å². The lowest BCUT2D eigenvalue weighted by molar-refractivity contribution is 0.174. The number of hydrogen-bond donors (Lipinski definition) is 1. The molecule has 0 saturated heterocycles. The van der Waals surface area contributed by atoms with Gasteiger partial charge in [-0.3, -0.25) is 0 Å². The zero-order valence-corrected chi connectivity index (χ0v) is 15.6. The van der Waals surface area contributed by atoms with E-state index in [0.29, 0.717) is 31.2 Å². The highest BCUT2D eigenvalue weighted by Gasteiger charge is 2.17. The SMILES string of the molecule is CCC(O)CN(Cc1nc(-c2ccc(Br)s2)no1)c1ccccc1. The molecule has 5 nitrogen and oxygen atoms in total. The standard InChI is InChI=1S/C17H18BrN3O2S/c1-2-13(22)10-21(12-6-4-3-5-7-12)11-16-19-17(20-23-16)14-8-9-15(18)24-14/h3-9,13,22H,2,10-11H2,1H3. The monoisotopic (exact) mass is 407 g/mol. The van der Waals surface area contributed by atoms with Gasteiger partial charge in [-0.2, -0.15) is 4.98 Å². The van der Waals surface area contributed by atoms with E-state index in [0.717, 1.165) is 14.4 Å². The van der Waals surface area contributed by atoms with Gasteiger partial charge in [0.25, 0.3) is 0 Å². The summed E-state index contributed by atoms with van der Waals surface area (Å²) >= 11 is 5.00. The number of halogens is 1. The Morgan fingerprint density at radius 1 is 1.25 bits per heavy atom. The molecule has 0 bridgehead atoms. The Hall–Kier alpha value is -1.70. The van der Waals surface area contributed by atoms with Crippen molar-refractivity contribution >= 4 is 33.0 Å². The van der Waals surface area contributed by atoms with Gasteiger partial charge in [0.15, 0.2) is 0 Å². The maximum absolute atomic E-state index is 10.0. The van der Waals surface area contributed by atoms with Crippen molar-refractivity contribution in [2.75, 3.05) is 11.4 Å². The minimum Gasteiger partial charge on any atom is -0.391 e. The molecule has 1 aromatic carbocycles. The molecular weight excluding hydrogens is 390 g/mol. The fraction of sp³-hybridized carbons (Fsp3) is 0.294. The summed E-state index contributed by atoms with van der Waals surface area (Å²) in [5.74, 6) is 1.12. The molecule has 0 radical (unpaired) electrons. The molecule has 2 aromatic heterocycles. The first-order chi connectivity index (χ1) is 11.7. The van der Waals surface area contributed by atoms with E-state index < -0.39 is 6.10 Å². The summed E-state index contributed by atoms with van der Waals surface area (Å²) in [5, 5.41) is 14.1. The number of hydrogen-bond acceptors (Lipinski definition) is 6. The number of thiophene rings is 1. The molecular formula is C17H18BrN3O2S. The highest BCUT2D eigenvalue weighted by molar-refractivity contribution is 9.11. The van der Waals surface area contributed by atoms with Crippen LogP contribution in [0.25, 0.3) is 10.7 Å². The second-order valence-corrected chi connectivity index (χ2v) is 7.86. The maximum Gasteiger partial charge on any atom is 0.246 e. The lowest BCUT2D eigenvalue weighted by atomic mass is 10.2. The van der Waals surface area contributed by atoms with Crippen LogP contribution in [0, 0.1) is 0 Å². The van der Waals surface area contributed by atoms with Crippen LogP contribution >= 0.6 is 27.3 Å². The van der Waals surface area contributed by atoms with Crippen LogP contribution in [-0.2, 0) is 6.54 Å². The molecule has 0 amide bonds. The molecule has 0 aliphatic rings. The fourth-order valence-electron chi connectivity index (χ4n) is 2.30. The molecule has 0 spiro atoms. The van der Waals surface area contributed by atoms with Crippen molar-refractivity contribution in [3.8, 4) is 10.7 Å². The number of para-hydroxylation sites is 1. The average Bonchev–Trinajstić information content (AvgIpc) is 3.24. The molecule has 7 heteroatoms. The Balaban J connectivity index is 1.78. The molecule has 3 aromatic rings. The van der Waals surface area contributed by atoms with Gasteiger partial charge < -0.3 is 14.5 Å². The van der Waals surface area contributed by atoms with Gasteiger partial charge in [0.1, 0.15) is 0 Å². The summed E-state index contributed by atoms with van der Waals surface area (Å²) in [4.78, 5) is 7.49. The third kappa shape index (κ3) is 4.23. The van der Waals surface area contributed by atoms with Crippen LogP contribution in [0.2, 0.25) is 0 Å². The molecule has 0 saturated carbocycles. The number of benzene rings is 1. The van der Waals surface area contributed by atoms with E-state index in [4.69, 9.17) is 4.52 Å². The number of rotatable bonds is 7. The lowest BCUT2D eigenvalue weighted by Gasteiger charge is -2.25. The molecule has 0 aliphatic carbocycles. The second kappa shape index (κ2) is 7.92. The summed E-state index contributed by atoms with van der Waals surface area (Å²) in [6, 6.07) is 13.9. The smallest absolute Gasteiger partial charge is 0.246 e. The number of aromatic nitrogens is 2. The first-order valence-electron chi connectivity index (χ1n) is 7.72. The van der Waals surface area contributed by atoms with E-state index in [2.05, 4.69) is 31.0 Å². The Kier molecular flexibility index (Phi) is 5.65. The first-order valence-corrected chi connectivity index (χ1v) is 9.33. The van der Waals surface area contributed by atoms with Gasteiger partial charge >= 0.3 is 0 Å². The lowest BCUT2D eigenvalue weighted by Crippen LogP contribution is -2.31. The predicted molar refractivity (Wildman–Crippen MR) is 99.1 cm³/mol. The number of nitrogens with zero attached hydrogens (tertiary/aromatic N) is 3. The minimum atomic E-state index is -0.402. The third-order valence-corrected chi connectivity index (χ3v) is 5.23. The van der Waals surface area contributed by atoms with Crippen LogP contribution in [0.4, 0.5) is 5.69 Å². The van der Waals surface area contributed by atoms with Crippen molar-refractivity contribution in [2.45, 2.75) is 26.0 Å². The third-order valence-electron chi connectivity index (χ3n) is 3.61. The molecule has 0 aliphatic heterocycles. The number of aliphatic hydroxyl groups is 1. The largest absolute Gasteiger partial charge is 0.391 e. The summed E-state index contributed by atoms with van der Waals surface area (Å²) < 4.78 is 6.43. The normalized spacial score (nSPS) is 12.3. The fourth-order valence-corrected chi connectivity index (χ4v) is 3.61. The van der Waals surface area contributed by atoms with Crippen LogP contribution in [0.15, 0.2) is 50.8 Å². The van der Waals surface area contributed by atoms with Crippen molar-refractivity contribution in [1.82, 2.24) is 10.1 Å². The van der Waals surface area contributed by atoms with Crippen LogP contribution < -0.4 is 4.90 Å². The molecule has 1 N–H and O–H groups in total. The number of anilines is 1. The highest BCUT2D eigenvalue weighted by atomic mass is 79.9. The topological polar surface area (TPSA) is 62.4 Å². The molecule has 1 atom stereocenters. The van der Waals surface area contributed by atoms with Gasteiger partial charge in [0.05, 0.1) is 21.3 Å². The van der Waals surface area contributed by atoms with Gasteiger partial charge in [-0.05, 0) is 46.6 Å². The minimum absolute atomic E-state index is 0.402. The van der Waals surface area contributed by atoms with Gasteiger partial charge in [0, 0.05) is 12.2 Å². The van der Waals surface area contributed by atoms with E-state index in [-0.39, 0.29) is 0 Å². The maximum atomic E-state index is 10.0. The molecule has 24 heavy (non-hydrogen) atoms. The predicted octanol–water partition coefficient (Wildman–Crippen LogP) is 4.34. The van der Waals surface area contributed by atoms with Crippen LogP contribution in [0.3, 0.4) is 0 Å². The van der Waals surface area contributed by atoms with Gasteiger partial charge in [-0.15, -0.1) is 11.3 Å². The van der Waals surface area contributed by atoms with Crippen LogP contribution in [0.1, 0.15) is 19.2 Å². The van der Waals surface area contributed by atoms with Crippen LogP contribution in [-0.4, -0.2) is 27.9 Å². The van der Waals surface area contributed by atoms with Crippen LogP contribution in [0.5, 0.6) is 0 Å². The van der Waals surface area contributed by atoms with Gasteiger partial charge in [0.2, 0.25) is 11.7 Å². The van der Waals surface area contributed by atoms with E-state index in [9.17, 15) is 5.11 Å².